The van der Waals surface area contributed by atoms with Crippen LogP contribution in [0.15, 0.2) is 22.7 Å². The van der Waals surface area contributed by atoms with Crippen molar-refractivity contribution < 1.29 is 4.79 Å². The summed E-state index contributed by atoms with van der Waals surface area (Å²) in [5.41, 5.74) is 7.48. The van der Waals surface area contributed by atoms with Crippen molar-refractivity contribution in [3.05, 3.63) is 22.7 Å². The van der Waals surface area contributed by atoms with E-state index in [1.807, 2.05) is 48.9 Å². The molecule has 0 saturated carbocycles. The molecule has 1 rings (SSSR count). The van der Waals surface area contributed by atoms with Gasteiger partial charge in [-0.15, -0.1) is 0 Å². The first-order valence-electron chi connectivity index (χ1n) is 6.03. The number of halogens is 1. The summed E-state index contributed by atoms with van der Waals surface area (Å²) in [6.45, 7) is 5.77. The Labute approximate surface area is 117 Å². The molecule has 0 radical (unpaired) electrons. The quantitative estimate of drug-likeness (QED) is 0.849. The Balaban J connectivity index is 2.76. The Bertz CT molecular complexity index is 419. The van der Waals surface area contributed by atoms with Crippen molar-refractivity contribution in [3.8, 4) is 0 Å². The monoisotopic (exact) mass is 313 g/mol. The van der Waals surface area contributed by atoms with Gasteiger partial charge < -0.3 is 15.5 Å². The minimum atomic E-state index is 0.116. The fourth-order valence-electron chi connectivity index (χ4n) is 1.84. The number of likely N-dealkylation sites (N-methyl/N-ethyl adjacent to an activating group) is 2. The number of carbonyl (C=O) groups is 1. The Morgan fingerprint density at radius 3 is 2.44 bits per heavy atom. The van der Waals surface area contributed by atoms with Gasteiger partial charge in [-0.2, -0.15) is 0 Å². The first-order chi connectivity index (χ1) is 8.49. The highest BCUT2D eigenvalue weighted by Crippen LogP contribution is 2.25. The number of carbonyl (C=O) groups excluding carboxylic acids is 1. The van der Waals surface area contributed by atoms with Gasteiger partial charge in [-0.1, -0.05) is 15.9 Å². The number of benzene rings is 1. The Morgan fingerprint density at radius 1 is 1.33 bits per heavy atom. The van der Waals surface area contributed by atoms with E-state index < -0.39 is 0 Å². The summed E-state index contributed by atoms with van der Waals surface area (Å²) in [6.07, 6.45) is 0. The Morgan fingerprint density at radius 2 is 1.94 bits per heavy atom. The summed E-state index contributed by atoms with van der Waals surface area (Å²) in [5.74, 6) is 0.116. The number of anilines is 2. The standard InChI is InChI=1S/C13H20BrN3O/c1-4-17(5-2)13(18)9-16(3)12-7-6-10(14)8-11(12)15/h6-8H,4-5,9,15H2,1-3H3. The Hall–Kier alpha value is -1.23. The van der Waals surface area contributed by atoms with E-state index in [9.17, 15) is 4.79 Å². The molecular formula is C13H20BrN3O. The molecule has 1 aromatic carbocycles. The maximum Gasteiger partial charge on any atom is 0.242 e. The third kappa shape index (κ3) is 3.63. The van der Waals surface area contributed by atoms with Gasteiger partial charge in [-0.25, -0.2) is 0 Å². The molecular weight excluding hydrogens is 294 g/mol. The number of hydrogen-bond acceptors (Lipinski definition) is 3. The van der Waals surface area contributed by atoms with Crippen LogP contribution in [0.4, 0.5) is 11.4 Å². The molecule has 0 atom stereocenters. The largest absolute Gasteiger partial charge is 0.397 e. The molecule has 0 aromatic heterocycles. The minimum absolute atomic E-state index is 0.116. The summed E-state index contributed by atoms with van der Waals surface area (Å²) >= 11 is 3.37. The van der Waals surface area contributed by atoms with Gasteiger partial charge in [0.25, 0.3) is 0 Å². The van der Waals surface area contributed by atoms with Gasteiger partial charge in [0.1, 0.15) is 0 Å². The predicted molar refractivity (Wildman–Crippen MR) is 79.8 cm³/mol. The van der Waals surface area contributed by atoms with E-state index in [1.54, 1.807) is 0 Å². The molecule has 0 bridgehead atoms. The molecule has 100 valence electrons. The lowest BCUT2D eigenvalue weighted by Gasteiger charge is -2.25. The molecule has 2 N–H and O–H groups in total. The van der Waals surface area contributed by atoms with Crippen LogP contribution in [0, 0.1) is 0 Å². The van der Waals surface area contributed by atoms with E-state index in [0.717, 1.165) is 23.2 Å². The lowest BCUT2D eigenvalue weighted by atomic mass is 10.2. The van der Waals surface area contributed by atoms with Gasteiger partial charge >= 0.3 is 0 Å². The lowest BCUT2D eigenvalue weighted by Crippen LogP contribution is -2.39. The van der Waals surface area contributed by atoms with Crippen LogP contribution in [0.3, 0.4) is 0 Å². The van der Waals surface area contributed by atoms with Crippen LogP contribution in [0.1, 0.15) is 13.8 Å². The Kier molecular flexibility index (Phi) is 5.47. The van der Waals surface area contributed by atoms with E-state index in [0.29, 0.717) is 12.2 Å². The van der Waals surface area contributed by atoms with Gasteiger partial charge in [0, 0.05) is 24.6 Å². The fourth-order valence-corrected chi connectivity index (χ4v) is 2.22. The molecule has 0 unspecified atom stereocenters. The number of amides is 1. The minimum Gasteiger partial charge on any atom is -0.397 e. The van der Waals surface area contributed by atoms with Crippen LogP contribution < -0.4 is 10.6 Å². The first-order valence-corrected chi connectivity index (χ1v) is 6.82. The molecule has 4 nitrogen and oxygen atoms in total. The van der Waals surface area contributed by atoms with Crippen LogP contribution in [0.25, 0.3) is 0 Å². The maximum absolute atomic E-state index is 12.0. The molecule has 1 amide bonds. The number of nitrogens with zero attached hydrogens (tertiary/aromatic N) is 2. The summed E-state index contributed by atoms with van der Waals surface area (Å²) in [4.78, 5) is 15.7. The zero-order valence-electron chi connectivity index (χ0n) is 11.1. The molecule has 1 aromatic rings. The molecule has 0 saturated heterocycles. The van der Waals surface area contributed by atoms with Crippen LogP contribution in [-0.2, 0) is 4.79 Å². The third-order valence-corrected chi connectivity index (χ3v) is 3.38. The van der Waals surface area contributed by atoms with Crippen molar-refractivity contribution >= 4 is 33.2 Å². The van der Waals surface area contributed by atoms with Crippen molar-refractivity contribution in [1.29, 1.82) is 0 Å². The fraction of sp³-hybridized carbons (Fsp3) is 0.462. The zero-order valence-corrected chi connectivity index (χ0v) is 12.7. The van der Waals surface area contributed by atoms with Crippen molar-refractivity contribution in [2.24, 2.45) is 0 Å². The van der Waals surface area contributed by atoms with E-state index in [2.05, 4.69) is 15.9 Å². The molecule has 0 aliphatic heterocycles. The van der Waals surface area contributed by atoms with Gasteiger partial charge in [0.15, 0.2) is 0 Å². The second-order valence-electron chi connectivity index (χ2n) is 4.13. The SMILES string of the molecule is CCN(CC)C(=O)CN(C)c1ccc(Br)cc1N. The van der Waals surface area contributed by atoms with E-state index in [-0.39, 0.29) is 5.91 Å². The van der Waals surface area contributed by atoms with E-state index in [4.69, 9.17) is 5.73 Å². The van der Waals surface area contributed by atoms with Gasteiger partial charge in [0.2, 0.25) is 5.91 Å². The van der Waals surface area contributed by atoms with Crippen molar-refractivity contribution in [3.63, 3.8) is 0 Å². The maximum atomic E-state index is 12.0. The number of nitrogens with two attached hydrogens (primary N) is 1. The van der Waals surface area contributed by atoms with Crippen molar-refractivity contribution in [2.45, 2.75) is 13.8 Å². The summed E-state index contributed by atoms with van der Waals surface area (Å²) in [7, 11) is 1.88. The molecule has 0 fully saturated rings. The van der Waals surface area contributed by atoms with Crippen LogP contribution in [0.2, 0.25) is 0 Å². The van der Waals surface area contributed by atoms with Crippen molar-refractivity contribution in [1.82, 2.24) is 4.90 Å². The number of hydrogen-bond donors (Lipinski definition) is 1. The molecule has 0 heterocycles. The average Bonchev–Trinajstić information content (AvgIpc) is 2.30. The van der Waals surface area contributed by atoms with Gasteiger partial charge in [0.05, 0.1) is 17.9 Å². The highest BCUT2D eigenvalue weighted by atomic mass is 79.9. The molecule has 0 spiro atoms. The second kappa shape index (κ2) is 6.64. The summed E-state index contributed by atoms with van der Waals surface area (Å²) in [6, 6.07) is 5.67. The average molecular weight is 314 g/mol. The van der Waals surface area contributed by atoms with Crippen LogP contribution in [0.5, 0.6) is 0 Å². The normalized spacial score (nSPS) is 10.2. The van der Waals surface area contributed by atoms with E-state index in [1.165, 1.54) is 0 Å². The number of rotatable bonds is 5. The highest BCUT2D eigenvalue weighted by molar-refractivity contribution is 9.10. The zero-order chi connectivity index (χ0) is 13.7. The third-order valence-electron chi connectivity index (χ3n) is 2.89. The topological polar surface area (TPSA) is 49.6 Å². The van der Waals surface area contributed by atoms with Crippen molar-refractivity contribution in [2.75, 3.05) is 37.3 Å². The van der Waals surface area contributed by atoms with E-state index >= 15 is 0 Å². The van der Waals surface area contributed by atoms with Crippen LogP contribution >= 0.6 is 15.9 Å². The van der Waals surface area contributed by atoms with Gasteiger partial charge in [-0.05, 0) is 32.0 Å². The van der Waals surface area contributed by atoms with Crippen LogP contribution in [-0.4, -0.2) is 37.5 Å². The number of nitrogen functional groups attached to an aromatic ring is 1. The summed E-state index contributed by atoms with van der Waals surface area (Å²) in [5, 5.41) is 0. The summed E-state index contributed by atoms with van der Waals surface area (Å²) < 4.78 is 0.937. The molecule has 0 aliphatic rings. The molecule has 0 aliphatic carbocycles. The first kappa shape index (κ1) is 14.8. The lowest BCUT2D eigenvalue weighted by molar-refractivity contribution is -0.129. The highest BCUT2D eigenvalue weighted by Gasteiger charge is 2.14. The predicted octanol–water partition coefficient (Wildman–Crippen LogP) is 2.34. The molecule has 5 heteroatoms. The van der Waals surface area contributed by atoms with Gasteiger partial charge in [-0.3, -0.25) is 4.79 Å². The smallest absolute Gasteiger partial charge is 0.242 e. The molecule has 18 heavy (non-hydrogen) atoms. The second-order valence-corrected chi connectivity index (χ2v) is 5.04.